The number of hydrogen-bond acceptors (Lipinski definition) is 6. The van der Waals surface area contributed by atoms with Crippen LogP contribution in [-0.4, -0.2) is 47.3 Å². The second-order valence-electron chi connectivity index (χ2n) is 3.37. The molecule has 6 nitrogen and oxygen atoms in total. The predicted octanol–water partition coefficient (Wildman–Crippen LogP) is -2.75. The van der Waals surface area contributed by atoms with Crippen LogP contribution in [0.3, 0.4) is 0 Å². The third-order valence-corrected chi connectivity index (χ3v) is 2.94. The third-order valence-electron chi connectivity index (χ3n) is 1.74. The molecule has 0 bridgehead atoms. The molecule has 0 aromatic carbocycles. The van der Waals surface area contributed by atoms with Crippen LogP contribution in [0.4, 0.5) is 0 Å². The minimum absolute atomic E-state index is 0. The molecule has 0 saturated carbocycles. The molecule has 1 atom stereocenters. The minimum Gasteiger partial charge on any atom is -0.748 e. The van der Waals surface area contributed by atoms with E-state index >= 15 is 0 Å². The average Bonchev–Trinajstić information content (AvgIpc) is 2.10. The molecule has 0 fully saturated rings. The Labute approximate surface area is 128 Å². The first-order chi connectivity index (χ1) is 7.35. The van der Waals surface area contributed by atoms with Crippen molar-refractivity contribution in [2.75, 3.05) is 25.1 Å². The fourth-order valence-electron chi connectivity index (χ4n) is 1.15. The van der Waals surface area contributed by atoms with Gasteiger partial charge in [0.1, 0.15) is 0 Å². The van der Waals surface area contributed by atoms with Crippen molar-refractivity contribution in [1.29, 1.82) is 0 Å². The van der Waals surface area contributed by atoms with Crippen LogP contribution in [0.15, 0.2) is 0 Å². The van der Waals surface area contributed by atoms with Gasteiger partial charge in [-0.3, -0.25) is 0 Å². The van der Waals surface area contributed by atoms with Gasteiger partial charge >= 0.3 is 29.6 Å². The van der Waals surface area contributed by atoms with E-state index in [1.54, 1.807) is 0 Å². The van der Waals surface area contributed by atoms with Gasteiger partial charge in [-0.15, -0.1) is 0 Å². The maximum Gasteiger partial charge on any atom is 1.00 e. The molecule has 0 amide bonds. The molecule has 98 valence electrons. The molecule has 0 aliphatic heterocycles. The van der Waals surface area contributed by atoms with E-state index in [4.69, 9.17) is 4.28 Å². The topological polar surface area (TPSA) is 86.7 Å². The van der Waals surface area contributed by atoms with Crippen molar-refractivity contribution < 1.29 is 51.0 Å². The third kappa shape index (κ3) is 14.9. The molecule has 17 heavy (non-hydrogen) atoms. The molecule has 0 saturated heterocycles. The van der Waals surface area contributed by atoms with Gasteiger partial charge in [-0.05, 0) is 19.3 Å². The number of rotatable bonds is 9. The van der Waals surface area contributed by atoms with E-state index in [1.807, 2.05) is 6.92 Å². The summed E-state index contributed by atoms with van der Waals surface area (Å²) in [7, 11) is -4.13. The van der Waals surface area contributed by atoms with Crippen LogP contribution in [-0.2, 0) is 25.5 Å². The monoisotopic (exact) mass is 295 g/mol. The summed E-state index contributed by atoms with van der Waals surface area (Å²) in [4.78, 5) is 0. The van der Waals surface area contributed by atoms with Gasteiger partial charge < -0.3 is 4.55 Å². The molecule has 0 aliphatic carbocycles. The molecule has 0 radical (unpaired) electrons. The fraction of sp³-hybridized carbons (Fsp3) is 1.00. The smallest absolute Gasteiger partial charge is 0.748 e. The van der Waals surface area contributed by atoms with Gasteiger partial charge in [-0.25, -0.2) is 12.6 Å². The summed E-state index contributed by atoms with van der Waals surface area (Å²) in [5.74, 6) is -0.359. The Bertz CT molecular complexity index is 309. The minimum atomic E-state index is -4.13. The normalized spacial score (nSPS) is 13.4. The summed E-state index contributed by atoms with van der Waals surface area (Å²) in [5.41, 5.74) is 0. The Hall–Kier alpha value is 0.980. The summed E-state index contributed by atoms with van der Waals surface area (Å²) in [6.07, 6.45) is 3.09. The summed E-state index contributed by atoms with van der Waals surface area (Å²) in [6, 6.07) is 0. The molecule has 0 N–H and O–H groups in total. The standard InChI is InChI=1S/C8H19NO5S2.Na/c1-3-6-9(14-15(2)10)7-4-5-8-16(11,12)13;/h3-8H2,1-2H3,(H,11,12,13);/q;+1/p-1. The van der Waals surface area contributed by atoms with Crippen molar-refractivity contribution in [2.45, 2.75) is 26.2 Å². The summed E-state index contributed by atoms with van der Waals surface area (Å²) in [5, 5.41) is 1.54. The Morgan fingerprint density at radius 1 is 1.29 bits per heavy atom. The molecule has 0 heterocycles. The van der Waals surface area contributed by atoms with Crippen molar-refractivity contribution in [3.63, 3.8) is 0 Å². The predicted molar refractivity (Wildman–Crippen MR) is 60.8 cm³/mol. The molecule has 0 aromatic rings. The number of unbranched alkanes of at least 4 members (excludes halogenated alkanes) is 1. The van der Waals surface area contributed by atoms with Crippen molar-refractivity contribution in [3.05, 3.63) is 0 Å². The van der Waals surface area contributed by atoms with Crippen LogP contribution >= 0.6 is 0 Å². The van der Waals surface area contributed by atoms with Crippen molar-refractivity contribution in [3.8, 4) is 0 Å². The van der Waals surface area contributed by atoms with Gasteiger partial charge in [0.25, 0.3) is 0 Å². The van der Waals surface area contributed by atoms with Crippen LogP contribution in [0.5, 0.6) is 0 Å². The summed E-state index contributed by atoms with van der Waals surface area (Å²) < 4.78 is 46.8. The van der Waals surface area contributed by atoms with Crippen LogP contribution in [0.1, 0.15) is 26.2 Å². The first-order valence-corrected chi connectivity index (χ1v) is 8.11. The Morgan fingerprint density at radius 3 is 2.29 bits per heavy atom. The first-order valence-electron chi connectivity index (χ1n) is 5.05. The van der Waals surface area contributed by atoms with Gasteiger partial charge in [0.2, 0.25) is 0 Å². The number of nitrogens with zero attached hydrogens (tertiary/aromatic N) is 1. The molecule has 0 spiro atoms. The second kappa shape index (κ2) is 10.9. The van der Waals surface area contributed by atoms with E-state index in [1.165, 1.54) is 11.3 Å². The quantitative estimate of drug-likeness (QED) is 0.198. The summed E-state index contributed by atoms with van der Waals surface area (Å²) >= 11 is -1.37. The van der Waals surface area contributed by atoms with Gasteiger partial charge in [0, 0.05) is 25.1 Å². The van der Waals surface area contributed by atoms with Gasteiger partial charge in [0.15, 0.2) is 11.1 Å². The maximum absolute atomic E-state index is 10.8. The van der Waals surface area contributed by atoms with Gasteiger partial charge in [-0.2, -0.15) is 9.35 Å². The van der Waals surface area contributed by atoms with E-state index in [0.29, 0.717) is 25.9 Å². The van der Waals surface area contributed by atoms with Crippen LogP contribution in [0.25, 0.3) is 0 Å². The van der Waals surface area contributed by atoms with Crippen LogP contribution < -0.4 is 29.6 Å². The molecule has 9 heteroatoms. The van der Waals surface area contributed by atoms with E-state index in [2.05, 4.69) is 0 Å². The zero-order valence-corrected chi connectivity index (χ0v) is 14.2. The summed E-state index contributed by atoms with van der Waals surface area (Å²) in [6.45, 7) is 3.06. The van der Waals surface area contributed by atoms with Crippen LogP contribution in [0.2, 0.25) is 0 Å². The van der Waals surface area contributed by atoms with Crippen molar-refractivity contribution >= 4 is 21.2 Å². The molecular formula is C8H18NNaO5S2. The van der Waals surface area contributed by atoms with Crippen LogP contribution in [0, 0.1) is 0 Å². The molecule has 0 aliphatic rings. The van der Waals surface area contributed by atoms with Crippen molar-refractivity contribution in [1.82, 2.24) is 5.06 Å². The maximum atomic E-state index is 10.8. The molecular weight excluding hydrogens is 277 g/mol. The van der Waals surface area contributed by atoms with E-state index in [0.717, 1.165) is 6.42 Å². The fourth-order valence-corrected chi connectivity index (χ4v) is 2.15. The zero-order chi connectivity index (χ0) is 12.6. The van der Waals surface area contributed by atoms with E-state index in [-0.39, 0.29) is 35.3 Å². The average molecular weight is 295 g/mol. The zero-order valence-electron chi connectivity index (χ0n) is 10.5. The first kappa shape index (κ1) is 20.3. The van der Waals surface area contributed by atoms with E-state index < -0.39 is 21.2 Å². The number of hydroxylamine groups is 2. The van der Waals surface area contributed by atoms with Gasteiger partial charge in [-0.1, -0.05) is 6.92 Å². The second-order valence-corrected chi connectivity index (χ2v) is 5.85. The Balaban J connectivity index is 0. The van der Waals surface area contributed by atoms with Crippen molar-refractivity contribution in [2.24, 2.45) is 0 Å². The van der Waals surface area contributed by atoms with Gasteiger partial charge in [0.05, 0.1) is 10.1 Å². The Morgan fingerprint density at radius 2 is 1.88 bits per heavy atom. The molecule has 1 unspecified atom stereocenters. The molecule has 0 rings (SSSR count). The largest absolute Gasteiger partial charge is 1.00 e. The van der Waals surface area contributed by atoms with E-state index in [9.17, 15) is 17.2 Å². The SMILES string of the molecule is CCCN(CCCCS(=O)(=O)[O-])OS(C)=O.[Na+]. The number of hydrogen-bond donors (Lipinski definition) is 0. The Kier molecular flexibility index (Phi) is 13.0. The molecule has 0 aromatic heterocycles.